The highest BCUT2D eigenvalue weighted by Crippen LogP contribution is 2.32. The summed E-state index contributed by atoms with van der Waals surface area (Å²) in [5.74, 6) is -2.25. The number of nitrogens with one attached hydrogen (secondary N) is 1. The minimum Gasteiger partial charge on any atom is -0.465 e. The van der Waals surface area contributed by atoms with Gasteiger partial charge in [-0.2, -0.15) is 0 Å². The molecule has 35 heavy (non-hydrogen) atoms. The van der Waals surface area contributed by atoms with Crippen molar-refractivity contribution in [1.29, 1.82) is 0 Å². The molecular formula is C24H32N4O7. The van der Waals surface area contributed by atoms with Gasteiger partial charge in [0.05, 0.1) is 12.5 Å². The maximum absolute atomic E-state index is 13.5. The third-order valence-electron chi connectivity index (χ3n) is 7.29. The monoisotopic (exact) mass is 488 g/mol. The van der Waals surface area contributed by atoms with Gasteiger partial charge < -0.3 is 19.6 Å². The molecule has 3 aliphatic heterocycles. The van der Waals surface area contributed by atoms with Crippen molar-refractivity contribution in [1.82, 2.24) is 20.2 Å². The third kappa shape index (κ3) is 5.50. The molecule has 1 aromatic carbocycles. The predicted molar refractivity (Wildman–Crippen MR) is 123 cm³/mol. The lowest BCUT2D eigenvalue weighted by molar-refractivity contribution is -0.152. The minimum atomic E-state index is -1.39. The lowest BCUT2D eigenvalue weighted by Crippen LogP contribution is -2.63. The Morgan fingerprint density at radius 3 is 2.20 bits per heavy atom. The average molecular weight is 489 g/mol. The molecule has 0 aromatic heterocycles. The van der Waals surface area contributed by atoms with Gasteiger partial charge in [-0.05, 0) is 37.2 Å². The molecule has 11 nitrogen and oxygen atoms in total. The summed E-state index contributed by atoms with van der Waals surface area (Å²) in [6, 6.07) is 8.71. The molecule has 3 heterocycles. The predicted octanol–water partition coefficient (Wildman–Crippen LogP) is 1.87. The van der Waals surface area contributed by atoms with Gasteiger partial charge in [0.2, 0.25) is 11.8 Å². The Morgan fingerprint density at radius 1 is 0.943 bits per heavy atom. The van der Waals surface area contributed by atoms with Crippen LogP contribution >= 0.6 is 0 Å². The van der Waals surface area contributed by atoms with Crippen molar-refractivity contribution in [3.8, 4) is 0 Å². The summed E-state index contributed by atoms with van der Waals surface area (Å²) in [7, 11) is 0. The molecule has 3 atom stereocenters. The number of hydrogen-bond acceptors (Lipinski definition) is 6. The van der Waals surface area contributed by atoms with Gasteiger partial charge in [0, 0.05) is 32.6 Å². The van der Waals surface area contributed by atoms with Crippen LogP contribution in [0.25, 0.3) is 0 Å². The molecule has 0 spiro atoms. The zero-order valence-electron chi connectivity index (χ0n) is 19.5. The van der Waals surface area contributed by atoms with Gasteiger partial charge in [0.1, 0.15) is 12.1 Å². The van der Waals surface area contributed by atoms with Crippen molar-refractivity contribution in [3.05, 3.63) is 35.9 Å². The second-order valence-electron chi connectivity index (χ2n) is 9.41. The van der Waals surface area contributed by atoms with Crippen LogP contribution in [-0.4, -0.2) is 93.9 Å². The molecule has 1 aromatic rings. The molecule has 3 N–H and O–H groups in total. The number of ether oxygens (including phenoxy) is 1. The van der Waals surface area contributed by atoms with Crippen LogP contribution in [0.4, 0.5) is 9.59 Å². The van der Waals surface area contributed by atoms with Gasteiger partial charge in [0.25, 0.3) is 0 Å². The SMILES string of the molecule is O=C(NO)[C@H]1CC(OC(=O)N2CCCC2)CN(C(=O)O)[C@@H]1C(=O)N1CCC(c2ccccc2)CC1. The molecule has 3 aliphatic rings. The van der Waals surface area contributed by atoms with Crippen LogP contribution in [0, 0.1) is 5.92 Å². The fraction of sp³-hybridized carbons (Fsp3) is 0.583. The molecule has 0 saturated carbocycles. The second kappa shape index (κ2) is 10.9. The average Bonchev–Trinajstić information content (AvgIpc) is 3.43. The fourth-order valence-corrected chi connectivity index (χ4v) is 5.42. The standard InChI is InChI=1S/C24H32N4O7/c29-21(25-34)19-14-18(35-24(33)27-10-4-5-11-27)15-28(23(31)32)20(19)22(30)26-12-8-17(9-13-26)16-6-2-1-3-7-16/h1-3,6-7,17-20,34H,4-5,8-15H2,(H,25,29)(H,31,32)/t18?,19-,20-/m0/s1. The van der Waals surface area contributed by atoms with E-state index in [1.165, 1.54) is 5.56 Å². The number of benzene rings is 1. The number of amides is 4. The van der Waals surface area contributed by atoms with Crippen LogP contribution in [0.3, 0.4) is 0 Å². The molecule has 3 fully saturated rings. The van der Waals surface area contributed by atoms with E-state index in [2.05, 4.69) is 12.1 Å². The number of carbonyl (C=O) groups is 4. The van der Waals surface area contributed by atoms with Crippen LogP contribution in [0.1, 0.15) is 43.6 Å². The quantitative estimate of drug-likeness (QED) is 0.434. The summed E-state index contributed by atoms with van der Waals surface area (Å²) in [6.45, 7) is 1.77. The number of hydrogen-bond donors (Lipinski definition) is 3. The Morgan fingerprint density at radius 2 is 1.60 bits per heavy atom. The molecule has 4 rings (SSSR count). The highest BCUT2D eigenvalue weighted by atomic mass is 16.6. The Balaban J connectivity index is 1.47. The van der Waals surface area contributed by atoms with E-state index in [1.54, 1.807) is 15.3 Å². The number of rotatable bonds is 4. The van der Waals surface area contributed by atoms with Gasteiger partial charge >= 0.3 is 12.2 Å². The van der Waals surface area contributed by atoms with E-state index in [-0.39, 0.29) is 13.0 Å². The van der Waals surface area contributed by atoms with E-state index in [0.29, 0.717) is 32.1 Å². The molecule has 0 radical (unpaired) electrons. The first-order valence-electron chi connectivity index (χ1n) is 12.1. The summed E-state index contributed by atoms with van der Waals surface area (Å²) in [5, 5.41) is 19.2. The number of piperidine rings is 2. The van der Waals surface area contributed by atoms with Crippen LogP contribution in [0.15, 0.2) is 30.3 Å². The van der Waals surface area contributed by atoms with E-state index in [0.717, 1.165) is 30.6 Å². The Hall–Kier alpha value is -3.34. The second-order valence-corrected chi connectivity index (χ2v) is 9.41. The van der Waals surface area contributed by atoms with Crippen LogP contribution in [0.5, 0.6) is 0 Å². The van der Waals surface area contributed by atoms with Crippen molar-refractivity contribution >= 4 is 24.0 Å². The minimum absolute atomic E-state index is 0.0629. The molecule has 11 heteroatoms. The number of carboxylic acid groups (broad SMARTS) is 1. The summed E-state index contributed by atoms with van der Waals surface area (Å²) in [6.07, 6.45) is 0.267. The lowest BCUT2D eigenvalue weighted by Gasteiger charge is -2.44. The highest BCUT2D eigenvalue weighted by molar-refractivity contribution is 5.92. The molecular weight excluding hydrogens is 456 g/mol. The van der Waals surface area contributed by atoms with Crippen LogP contribution in [-0.2, 0) is 14.3 Å². The van der Waals surface area contributed by atoms with Crippen molar-refractivity contribution in [3.63, 3.8) is 0 Å². The Kier molecular flexibility index (Phi) is 7.74. The number of likely N-dealkylation sites (tertiary alicyclic amines) is 3. The fourth-order valence-electron chi connectivity index (χ4n) is 5.42. The van der Waals surface area contributed by atoms with Crippen molar-refractivity contribution < 1.29 is 34.2 Å². The first kappa shape index (κ1) is 24.8. The van der Waals surface area contributed by atoms with Crippen LogP contribution < -0.4 is 5.48 Å². The van der Waals surface area contributed by atoms with Gasteiger partial charge in [-0.15, -0.1) is 0 Å². The molecule has 0 bridgehead atoms. The normalized spacial score (nSPS) is 25.3. The van der Waals surface area contributed by atoms with Crippen LogP contribution in [0.2, 0.25) is 0 Å². The topological polar surface area (TPSA) is 140 Å². The zero-order valence-corrected chi connectivity index (χ0v) is 19.5. The lowest BCUT2D eigenvalue weighted by atomic mass is 9.84. The first-order chi connectivity index (χ1) is 16.9. The molecule has 3 saturated heterocycles. The maximum atomic E-state index is 13.5. The summed E-state index contributed by atoms with van der Waals surface area (Å²) in [5.41, 5.74) is 2.76. The van der Waals surface area contributed by atoms with Gasteiger partial charge in [0.15, 0.2) is 0 Å². The molecule has 4 amide bonds. The Bertz CT molecular complexity index is 929. The first-order valence-corrected chi connectivity index (χ1v) is 12.1. The third-order valence-corrected chi connectivity index (χ3v) is 7.29. The van der Waals surface area contributed by atoms with E-state index >= 15 is 0 Å². The number of nitrogens with zero attached hydrogens (tertiary/aromatic N) is 3. The van der Waals surface area contributed by atoms with E-state index in [9.17, 15) is 29.5 Å². The highest BCUT2D eigenvalue weighted by Gasteiger charge is 2.49. The van der Waals surface area contributed by atoms with E-state index in [4.69, 9.17) is 4.74 Å². The zero-order chi connectivity index (χ0) is 24.9. The van der Waals surface area contributed by atoms with Gasteiger partial charge in [-0.3, -0.25) is 19.7 Å². The molecule has 1 unspecified atom stereocenters. The summed E-state index contributed by atoms with van der Waals surface area (Å²) >= 11 is 0. The molecule has 190 valence electrons. The van der Waals surface area contributed by atoms with Crippen molar-refractivity contribution in [2.24, 2.45) is 5.92 Å². The van der Waals surface area contributed by atoms with Crippen molar-refractivity contribution in [2.75, 3.05) is 32.7 Å². The van der Waals surface area contributed by atoms with E-state index < -0.39 is 42.1 Å². The number of hydroxylamine groups is 1. The smallest absolute Gasteiger partial charge is 0.410 e. The van der Waals surface area contributed by atoms with E-state index in [1.807, 2.05) is 18.2 Å². The maximum Gasteiger partial charge on any atom is 0.410 e. The summed E-state index contributed by atoms with van der Waals surface area (Å²) < 4.78 is 5.51. The summed E-state index contributed by atoms with van der Waals surface area (Å²) in [4.78, 5) is 54.7. The molecule has 0 aliphatic carbocycles. The van der Waals surface area contributed by atoms with Gasteiger partial charge in [-0.25, -0.2) is 15.1 Å². The van der Waals surface area contributed by atoms with Gasteiger partial charge in [-0.1, -0.05) is 30.3 Å². The van der Waals surface area contributed by atoms with Crippen molar-refractivity contribution in [2.45, 2.75) is 50.2 Å². The number of carbonyl (C=O) groups excluding carboxylic acids is 3. The largest absolute Gasteiger partial charge is 0.465 e. The Labute approximate surface area is 203 Å².